The zero-order valence-electron chi connectivity index (χ0n) is 12.7. The van der Waals surface area contributed by atoms with Crippen molar-refractivity contribution >= 4 is 28.4 Å². The number of rotatable bonds is 2. The lowest BCUT2D eigenvalue weighted by Crippen LogP contribution is -2.34. The summed E-state index contributed by atoms with van der Waals surface area (Å²) in [6.07, 6.45) is 3.04. The highest BCUT2D eigenvalue weighted by molar-refractivity contribution is 6.30. The van der Waals surface area contributed by atoms with E-state index in [2.05, 4.69) is 10.1 Å². The lowest BCUT2D eigenvalue weighted by molar-refractivity contribution is 0.414. The van der Waals surface area contributed by atoms with Gasteiger partial charge in [0, 0.05) is 36.7 Å². The predicted octanol–water partition coefficient (Wildman–Crippen LogP) is 4.54. The average molecular weight is 350 g/mol. The first-order chi connectivity index (χ1) is 11.6. The van der Waals surface area contributed by atoms with Gasteiger partial charge in [-0.25, -0.2) is 13.8 Å². The van der Waals surface area contributed by atoms with Crippen LogP contribution in [0.1, 0.15) is 24.5 Å². The summed E-state index contributed by atoms with van der Waals surface area (Å²) in [5, 5.41) is 5.24. The molecule has 1 aliphatic rings. The fraction of sp³-hybridized carbons (Fsp3) is 0.294. The van der Waals surface area contributed by atoms with E-state index in [1.807, 2.05) is 4.90 Å². The number of piperidine rings is 1. The Morgan fingerprint density at radius 3 is 2.71 bits per heavy atom. The number of halogens is 3. The third-order valence-electron chi connectivity index (χ3n) is 4.43. The molecule has 0 amide bonds. The van der Waals surface area contributed by atoms with Crippen LogP contribution in [0.5, 0.6) is 0 Å². The molecular weight excluding hydrogens is 336 g/mol. The molecule has 3 heterocycles. The molecule has 124 valence electrons. The van der Waals surface area contributed by atoms with Crippen LogP contribution in [0.15, 0.2) is 35.0 Å². The standard InChI is InChI=1S/C17H14ClF2N3O/c18-11-7-14(20)17(21-9-11)23-5-3-10(4-6-23)16-13-2-1-12(19)8-15(13)24-22-16/h1-2,7-10H,3-6H2. The number of pyridine rings is 1. The van der Waals surface area contributed by atoms with Gasteiger partial charge in [-0.2, -0.15) is 0 Å². The number of hydrogen-bond donors (Lipinski definition) is 0. The minimum atomic E-state index is -0.414. The van der Waals surface area contributed by atoms with Gasteiger partial charge in [-0.1, -0.05) is 16.8 Å². The second kappa shape index (κ2) is 6.02. The zero-order valence-corrected chi connectivity index (χ0v) is 13.4. The Morgan fingerprint density at radius 2 is 1.96 bits per heavy atom. The number of fused-ring (bicyclic) bond motifs is 1. The van der Waals surface area contributed by atoms with Crippen molar-refractivity contribution in [2.45, 2.75) is 18.8 Å². The number of aromatic nitrogens is 2. The number of nitrogens with zero attached hydrogens (tertiary/aromatic N) is 3. The first-order valence-electron chi connectivity index (χ1n) is 7.72. The Balaban J connectivity index is 1.53. The molecule has 4 rings (SSSR count). The fourth-order valence-corrected chi connectivity index (χ4v) is 3.37. The van der Waals surface area contributed by atoms with Crippen molar-refractivity contribution in [2.24, 2.45) is 0 Å². The molecule has 0 aliphatic carbocycles. The monoisotopic (exact) mass is 349 g/mol. The van der Waals surface area contributed by atoms with E-state index in [0.717, 1.165) is 23.9 Å². The van der Waals surface area contributed by atoms with Gasteiger partial charge in [0.05, 0.1) is 10.7 Å². The van der Waals surface area contributed by atoms with E-state index in [1.165, 1.54) is 24.4 Å². The smallest absolute Gasteiger partial charge is 0.170 e. The van der Waals surface area contributed by atoms with Gasteiger partial charge < -0.3 is 9.42 Å². The van der Waals surface area contributed by atoms with Crippen molar-refractivity contribution in [1.82, 2.24) is 10.1 Å². The van der Waals surface area contributed by atoms with Crippen LogP contribution in [0.3, 0.4) is 0 Å². The van der Waals surface area contributed by atoms with Gasteiger partial charge in [0.1, 0.15) is 5.82 Å². The quantitative estimate of drug-likeness (QED) is 0.681. The van der Waals surface area contributed by atoms with Crippen LogP contribution < -0.4 is 4.90 Å². The summed E-state index contributed by atoms with van der Waals surface area (Å²) in [4.78, 5) is 6.00. The summed E-state index contributed by atoms with van der Waals surface area (Å²) in [6, 6.07) is 5.72. The molecule has 0 spiro atoms. The van der Waals surface area contributed by atoms with E-state index in [9.17, 15) is 8.78 Å². The normalized spacial score (nSPS) is 16.0. The van der Waals surface area contributed by atoms with Crippen LogP contribution in [0.4, 0.5) is 14.6 Å². The van der Waals surface area contributed by atoms with Crippen molar-refractivity contribution in [3.05, 3.63) is 52.8 Å². The molecule has 1 aromatic carbocycles. The van der Waals surface area contributed by atoms with Gasteiger partial charge in [-0.05, 0) is 31.0 Å². The Bertz CT molecular complexity index is 891. The molecule has 7 heteroatoms. The molecule has 0 N–H and O–H groups in total. The molecule has 4 nitrogen and oxygen atoms in total. The molecule has 2 aromatic heterocycles. The van der Waals surface area contributed by atoms with Gasteiger partial charge in [0.15, 0.2) is 17.2 Å². The van der Waals surface area contributed by atoms with Gasteiger partial charge >= 0.3 is 0 Å². The van der Waals surface area contributed by atoms with Gasteiger partial charge in [0.25, 0.3) is 0 Å². The summed E-state index contributed by atoms with van der Waals surface area (Å²) >= 11 is 5.75. The Kier molecular flexibility index (Phi) is 3.84. The van der Waals surface area contributed by atoms with E-state index in [1.54, 1.807) is 6.07 Å². The molecule has 0 radical (unpaired) electrons. The molecular formula is C17H14ClF2N3O. The maximum atomic E-state index is 14.0. The fourth-order valence-electron chi connectivity index (χ4n) is 3.23. The van der Waals surface area contributed by atoms with Crippen molar-refractivity contribution in [3.8, 4) is 0 Å². The third-order valence-corrected chi connectivity index (χ3v) is 4.64. The highest BCUT2D eigenvalue weighted by Crippen LogP contribution is 2.34. The van der Waals surface area contributed by atoms with Crippen LogP contribution in [0, 0.1) is 11.6 Å². The highest BCUT2D eigenvalue weighted by Gasteiger charge is 2.27. The zero-order chi connectivity index (χ0) is 16.7. The van der Waals surface area contributed by atoms with Crippen molar-refractivity contribution in [1.29, 1.82) is 0 Å². The van der Waals surface area contributed by atoms with E-state index >= 15 is 0 Å². The summed E-state index contributed by atoms with van der Waals surface area (Å²) in [7, 11) is 0. The molecule has 3 aromatic rings. The largest absolute Gasteiger partial charge is 0.356 e. The van der Waals surface area contributed by atoms with E-state index in [-0.39, 0.29) is 16.8 Å². The third kappa shape index (κ3) is 2.71. The van der Waals surface area contributed by atoms with Crippen LogP contribution in [0.2, 0.25) is 5.02 Å². The molecule has 0 saturated carbocycles. The number of anilines is 1. The molecule has 1 saturated heterocycles. The van der Waals surface area contributed by atoms with Crippen LogP contribution >= 0.6 is 11.6 Å². The summed E-state index contributed by atoms with van der Waals surface area (Å²) in [5.41, 5.74) is 1.30. The van der Waals surface area contributed by atoms with Crippen molar-refractivity contribution in [3.63, 3.8) is 0 Å². The molecule has 0 unspecified atom stereocenters. The maximum absolute atomic E-state index is 14.0. The Labute approximate surface area is 142 Å². The van der Waals surface area contributed by atoms with E-state index in [0.29, 0.717) is 24.5 Å². The Morgan fingerprint density at radius 1 is 1.17 bits per heavy atom. The Hall–Kier alpha value is -2.21. The lowest BCUT2D eigenvalue weighted by Gasteiger charge is -2.32. The number of benzene rings is 1. The first kappa shape index (κ1) is 15.3. The highest BCUT2D eigenvalue weighted by atomic mass is 35.5. The van der Waals surface area contributed by atoms with Gasteiger partial charge in [-0.3, -0.25) is 0 Å². The SMILES string of the molecule is Fc1ccc2c(C3CCN(c4ncc(Cl)cc4F)CC3)noc2c1. The summed E-state index contributed by atoms with van der Waals surface area (Å²) < 4.78 is 32.5. The van der Waals surface area contributed by atoms with Crippen LogP contribution in [0.25, 0.3) is 11.0 Å². The summed E-state index contributed by atoms with van der Waals surface area (Å²) in [5.74, 6) is -0.235. The molecule has 24 heavy (non-hydrogen) atoms. The molecule has 0 bridgehead atoms. The maximum Gasteiger partial charge on any atom is 0.170 e. The number of hydrogen-bond acceptors (Lipinski definition) is 4. The molecule has 1 aliphatic heterocycles. The van der Waals surface area contributed by atoms with E-state index < -0.39 is 5.82 Å². The molecule has 1 fully saturated rings. The van der Waals surface area contributed by atoms with Gasteiger partial charge in [-0.15, -0.1) is 0 Å². The average Bonchev–Trinajstić information content (AvgIpc) is 2.98. The van der Waals surface area contributed by atoms with Crippen molar-refractivity contribution < 1.29 is 13.3 Å². The lowest BCUT2D eigenvalue weighted by atomic mass is 9.91. The topological polar surface area (TPSA) is 42.2 Å². The minimum Gasteiger partial charge on any atom is -0.356 e. The summed E-state index contributed by atoms with van der Waals surface area (Å²) in [6.45, 7) is 1.32. The molecule has 0 atom stereocenters. The van der Waals surface area contributed by atoms with E-state index in [4.69, 9.17) is 16.1 Å². The predicted molar refractivity (Wildman–Crippen MR) is 87.4 cm³/mol. The van der Waals surface area contributed by atoms with Crippen LogP contribution in [-0.2, 0) is 0 Å². The minimum absolute atomic E-state index is 0.198. The second-order valence-electron chi connectivity index (χ2n) is 5.93. The van der Waals surface area contributed by atoms with Crippen molar-refractivity contribution in [2.75, 3.05) is 18.0 Å². The first-order valence-corrected chi connectivity index (χ1v) is 8.10. The van der Waals surface area contributed by atoms with Gasteiger partial charge in [0.2, 0.25) is 0 Å². The second-order valence-corrected chi connectivity index (χ2v) is 6.37. The van der Waals surface area contributed by atoms with Crippen LogP contribution in [-0.4, -0.2) is 23.2 Å².